The van der Waals surface area contributed by atoms with Crippen LogP contribution in [0.5, 0.6) is 0 Å². The molecule has 0 aliphatic carbocycles. The van der Waals surface area contributed by atoms with E-state index in [-0.39, 0.29) is 49.2 Å². The first kappa shape index (κ1) is 32.8. The van der Waals surface area contributed by atoms with E-state index in [1.807, 2.05) is 101 Å². The summed E-state index contributed by atoms with van der Waals surface area (Å²) in [7, 11) is 1.54. The minimum atomic E-state index is -0.596. The predicted octanol–water partition coefficient (Wildman–Crippen LogP) is 5.93. The van der Waals surface area contributed by atoms with Crippen molar-refractivity contribution in [3.8, 4) is 0 Å². The molecule has 0 radical (unpaired) electrons. The topological polar surface area (TPSA) is 111 Å². The SMILES string of the molecule is CNC(=O)OC(C)(C)C.Cc1ccc(C(=O)OCc2ccc(CC(=O)N3C(=O)OCC3Cc3ccccc3)cc2)c(C)c1. The molecular weight excluding hydrogens is 548 g/mol. The highest BCUT2D eigenvalue weighted by molar-refractivity contribution is 5.94. The van der Waals surface area contributed by atoms with Crippen molar-refractivity contribution < 1.29 is 33.4 Å². The molecule has 0 aromatic heterocycles. The Labute approximate surface area is 253 Å². The van der Waals surface area contributed by atoms with Crippen LogP contribution in [-0.2, 0) is 38.5 Å². The van der Waals surface area contributed by atoms with Gasteiger partial charge in [-0.1, -0.05) is 72.3 Å². The fraction of sp³-hybridized carbons (Fsp3) is 0.353. The van der Waals surface area contributed by atoms with Gasteiger partial charge in [0.2, 0.25) is 5.91 Å². The summed E-state index contributed by atoms with van der Waals surface area (Å²) in [5.41, 5.74) is 4.76. The molecule has 3 aromatic carbocycles. The molecule has 1 fully saturated rings. The zero-order valence-electron chi connectivity index (χ0n) is 25.6. The highest BCUT2D eigenvalue weighted by atomic mass is 16.6. The Hall–Kier alpha value is -4.66. The number of carbonyl (C=O) groups excluding carboxylic acids is 4. The van der Waals surface area contributed by atoms with Crippen LogP contribution >= 0.6 is 0 Å². The lowest BCUT2D eigenvalue weighted by atomic mass is 10.0. The van der Waals surface area contributed by atoms with Gasteiger partial charge < -0.3 is 19.5 Å². The van der Waals surface area contributed by atoms with Crippen molar-refractivity contribution in [1.82, 2.24) is 10.2 Å². The van der Waals surface area contributed by atoms with Gasteiger partial charge in [0.1, 0.15) is 18.8 Å². The highest BCUT2D eigenvalue weighted by Crippen LogP contribution is 2.20. The zero-order chi connectivity index (χ0) is 31.6. The van der Waals surface area contributed by atoms with Crippen molar-refractivity contribution in [2.45, 2.75) is 65.7 Å². The second-order valence-corrected chi connectivity index (χ2v) is 11.3. The molecule has 1 saturated heterocycles. The van der Waals surface area contributed by atoms with E-state index in [9.17, 15) is 19.2 Å². The van der Waals surface area contributed by atoms with Crippen molar-refractivity contribution in [2.24, 2.45) is 0 Å². The number of ether oxygens (including phenoxy) is 3. The smallest absolute Gasteiger partial charge is 0.416 e. The van der Waals surface area contributed by atoms with E-state index in [2.05, 4.69) is 5.32 Å². The van der Waals surface area contributed by atoms with Crippen LogP contribution in [0.4, 0.5) is 9.59 Å². The maximum Gasteiger partial charge on any atom is 0.416 e. The fourth-order valence-electron chi connectivity index (χ4n) is 4.41. The number of amides is 3. The minimum absolute atomic E-state index is 0.0863. The van der Waals surface area contributed by atoms with Crippen LogP contribution in [0.3, 0.4) is 0 Å². The van der Waals surface area contributed by atoms with E-state index >= 15 is 0 Å². The van der Waals surface area contributed by atoms with Gasteiger partial charge in [-0.15, -0.1) is 0 Å². The molecule has 9 nitrogen and oxygen atoms in total. The van der Waals surface area contributed by atoms with Crippen LogP contribution in [-0.4, -0.2) is 54.3 Å². The molecule has 1 heterocycles. The zero-order valence-corrected chi connectivity index (χ0v) is 25.6. The summed E-state index contributed by atoms with van der Waals surface area (Å²) in [6, 6.07) is 22.3. The van der Waals surface area contributed by atoms with Crippen LogP contribution in [0.1, 0.15) is 58.9 Å². The van der Waals surface area contributed by atoms with Gasteiger partial charge in [-0.2, -0.15) is 0 Å². The largest absolute Gasteiger partial charge is 0.457 e. The van der Waals surface area contributed by atoms with Gasteiger partial charge in [-0.3, -0.25) is 4.79 Å². The van der Waals surface area contributed by atoms with Crippen molar-refractivity contribution in [2.75, 3.05) is 13.7 Å². The monoisotopic (exact) mass is 588 g/mol. The van der Waals surface area contributed by atoms with E-state index in [4.69, 9.17) is 14.2 Å². The standard InChI is InChI=1S/C28H27NO5.C6H13NO2/c1-19-8-13-25(20(2)14-19)27(31)33-17-23-11-9-22(10-12-23)16-26(30)29-24(18-34-28(29)32)15-21-6-4-3-5-7-21;1-6(2,3)9-5(8)7-4/h3-14,24H,15-18H2,1-2H3;1-4H3,(H,7,8). The van der Waals surface area contributed by atoms with Gasteiger partial charge in [0.25, 0.3) is 0 Å². The molecule has 228 valence electrons. The molecule has 1 aliphatic rings. The number of hydrogen-bond donors (Lipinski definition) is 1. The Morgan fingerprint density at radius 2 is 1.58 bits per heavy atom. The van der Waals surface area contributed by atoms with Crippen LogP contribution in [0.15, 0.2) is 72.8 Å². The molecule has 3 aromatic rings. The van der Waals surface area contributed by atoms with Gasteiger partial charge in [0, 0.05) is 7.05 Å². The number of nitrogens with zero attached hydrogens (tertiary/aromatic N) is 1. The van der Waals surface area contributed by atoms with Gasteiger partial charge >= 0.3 is 18.2 Å². The summed E-state index contributed by atoms with van der Waals surface area (Å²) >= 11 is 0. The maximum absolute atomic E-state index is 12.9. The molecule has 4 rings (SSSR count). The molecule has 0 spiro atoms. The lowest BCUT2D eigenvalue weighted by molar-refractivity contribution is -0.128. The number of aryl methyl sites for hydroxylation is 2. The number of hydrogen-bond acceptors (Lipinski definition) is 7. The molecule has 0 bridgehead atoms. The normalized spacial score (nSPS) is 14.2. The van der Waals surface area contributed by atoms with Gasteiger partial charge in [0.15, 0.2) is 0 Å². The van der Waals surface area contributed by atoms with Gasteiger partial charge in [0.05, 0.1) is 18.0 Å². The summed E-state index contributed by atoms with van der Waals surface area (Å²) in [5, 5.41) is 2.36. The summed E-state index contributed by atoms with van der Waals surface area (Å²) in [6.07, 6.45) is -0.338. The molecule has 3 amide bonds. The minimum Gasteiger partial charge on any atom is -0.457 e. The number of cyclic esters (lactones) is 1. The second-order valence-electron chi connectivity index (χ2n) is 11.3. The molecule has 1 unspecified atom stereocenters. The predicted molar refractivity (Wildman–Crippen MR) is 163 cm³/mol. The van der Waals surface area contributed by atoms with Gasteiger partial charge in [-0.05, 0) is 69.4 Å². The summed E-state index contributed by atoms with van der Waals surface area (Å²) in [6.45, 7) is 9.66. The van der Waals surface area contributed by atoms with E-state index in [1.165, 1.54) is 11.9 Å². The third-order valence-corrected chi connectivity index (χ3v) is 6.50. The van der Waals surface area contributed by atoms with Crippen molar-refractivity contribution in [3.05, 3.63) is 106 Å². The van der Waals surface area contributed by atoms with Crippen LogP contribution in [0.25, 0.3) is 0 Å². The molecule has 1 aliphatic heterocycles. The molecule has 1 atom stereocenters. The van der Waals surface area contributed by atoms with Crippen molar-refractivity contribution >= 4 is 24.1 Å². The lowest BCUT2D eigenvalue weighted by Crippen LogP contribution is -2.41. The number of alkyl carbamates (subject to hydrolysis) is 1. The first-order valence-corrected chi connectivity index (χ1v) is 14.1. The average molecular weight is 589 g/mol. The van der Waals surface area contributed by atoms with E-state index < -0.39 is 6.09 Å². The Balaban J connectivity index is 0.000000489. The second kappa shape index (κ2) is 15.0. The Morgan fingerprint density at radius 1 is 0.930 bits per heavy atom. The molecule has 0 saturated carbocycles. The van der Waals surface area contributed by atoms with E-state index in [0.717, 1.165) is 27.8 Å². The fourth-order valence-corrected chi connectivity index (χ4v) is 4.41. The van der Waals surface area contributed by atoms with E-state index in [0.29, 0.717) is 12.0 Å². The quantitative estimate of drug-likeness (QED) is 0.269. The van der Waals surface area contributed by atoms with Crippen LogP contribution in [0, 0.1) is 13.8 Å². The third kappa shape index (κ3) is 10.3. The number of esters is 1. The molecule has 43 heavy (non-hydrogen) atoms. The number of benzene rings is 3. The number of imide groups is 1. The molecular formula is C34H40N2O7. The number of nitrogens with one attached hydrogen (secondary N) is 1. The Kier molecular flexibility index (Phi) is 11.5. The van der Waals surface area contributed by atoms with Crippen molar-refractivity contribution in [1.29, 1.82) is 0 Å². The van der Waals surface area contributed by atoms with Crippen LogP contribution < -0.4 is 5.32 Å². The summed E-state index contributed by atoms with van der Waals surface area (Å²) < 4.78 is 15.4. The summed E-state index contributed by atoms with van der Waals surface area (Å²) in [5.74, 6) is -0.661. The Morgan fingerprint density at radius 3 is 2.16 bits per heavy atom. The average Bonchev–Trinajstić information content (AvgIpc) is 3.32. The first-order chi connectivity index (χ1) is 20.4. The molecule has 9 heteroatoms. The maximum atomic E-state index is 12.9. The summed E-state index contributed by atoms with van der Waals surface area (Å²) in [4.78, 5) is 49.2. The number of carbonyl (C=O) groups is 4. The highest BCUT2D eigenvalue weighted by Gasteiger charge is 2.37. The molecule has 1 N–H and O–H groups in total. The number of rotatable bonds is 7. The van der Waals surface area contributed by atoms with Crippen molar-refractivity contribution in [3.63, 3.8) is 0 Å². The van der Waals surface area contributed by atoms with Gasteiger partial charge in [-0.25, -0.2) is 19.3 Å². The third-order valence-electron chi connectivity index (χ3n) is 6.50. The van der Waals surface area contributed by atoms with E-state index in [1.54, 1.807) is 6.07 Å². The lowest BCUT2D eigenvalue weighted by Gasteiger charge is -2.19. The first-order valence-electron chi connectivity index (χ1n) is 14.1. The van der Waals surface area contributed by atoms with Crippen LogP contribution in [0.2, 0.25) is 0 Å². The Bertz CT molecular complexity index is 1410.